The van der Waals surface area contributed by atoms with Crippen molar-refractivity contribution in [3.05, 3.63) is 40.7 Å². The minimum atomic E-state index is -1.59. The molecule has 2 unspecified atom stereocenters. The number of carbonyl (C=O) groups is 2. The van der Waals surface area contributed by atoms with Crippen LogP contribution in [0.5, 0.6) is 11.5 Å². The zero-order valence-corrected chi connectivity index (χ0v) is 16.2. The molecule has 2 N–H and O–H groups in total. The smallest absolute Gasteiger partial charge is 0.336 e. The molecule has 1 aromatic carbocycles. The van der Waals surface area contributed by atoms with E-state index < -0.39 is 23.8 Å². The molecule has 10 heteroatoms. The third kappa shape index (κ3) is 3.01. The fraction of sp³-hybridized carbons (Fsp3) is 0.368. The van der Waals surface area contributed by atoms with Crippen LogP contribution in [0, 0.1) is 0 Å². The largest absolute Gasteiger partial charge is 0.493 e. The molecule has 0 amide bonds. The van der Waals surface area contributed by atoms with Crippen LogP contribution in [-0.2, 0) is 23.7 Å². The van der Waals surface area contributed by atoms with Crippen molar-refractivity contribution in [2.75, 3.05) is 35.2 Å². The molecule has 1 saturated heterocycles. The van der Waals surface area contributed by atoms with E-state index in [0.29, 0.717) is 0 Å². The lowest BCUT2D eigenvalue weighted by Crippen LogP contribution is -2.49. The molecule has 156 valence electrons. The van der Waals surface area contributed by atoms with E-state index in [9.17, 15) is 19.8 Å². The molecule has 3 rings (SSSR count). The predicted molar refractivity (Wildman–Crippen MR) is 96.7 cm³/mol. The molecule has 1 fully saturated rings. The molecule has 0 saturated carbocycles. The molecule has 0 bridgehead atoms. The van der Waals surface area contributed by atoms with Gasteiger partial charge in [0.2, 0.25) is 0 Å². The van der Waals surface area contributed by atoms with Gasteiger partial charge in [0, 0.05) is 25.4 Å². The summed E-state index contributed by atoms with van der Waals surface area (Å²) >= 11 is 0. The normalized spacial score (nSPS) is 23.2. The first-order chi connectivity index (χ1) is 13.9. The van der Waals surface area contributed by atoms with Crippen molar-refractivity contribution in [1.82, 2.24) is 0 Å². The lowest BCUT2D eigenvalue weighted by molar-refractivity contribution is -0.219. The summed E-state index contributed by atoms with van der Waals surface area (Å²) in [4.78, 5) is 24.1. The standard InChI is InChI=1S/C19H20O10/c1-24-11-6-5-9(17(20)21)13(15(11)25-2)14-10(18(22)23)7-12-19(27-4,16(14)26-3)29-8-28-12/h5-7,16H,8H2,1-4H3,(H,20,21)(H,22,23). The Morgan fingerprint density at radius 2 is 1.83 bits per heavy atom. The minimum Gasteiger partial charge on any atom is -0.493 e. The number of hydrogen-bond acceptors (Lipinski definition) is 8. The lowest BCUT2D eigenvalue weighted by atomic mass is 9.82. The van der Waals surface area contributed by atoms with Gasteiger partial charge < -0.3 is 38.6 Å². The maximum absolute atomic E-state index is 12.1. The van der Waals surface area contributed by atoms with Gasteiger partial charge in [0.05, 0.1) is 25.4 Å². The molecule has 2 atom stereocenters. The van der Waals surface area contributed by atoms with Crippen molar-refractivity contribution >= 4 is 17.5 Å². The molecule has 0 aromatic heterocycles. The minimum absolute atomic E-state index is 0.00995. The van der Waals surface area contributed by atoms with Crippen molar-refractivity contribution in [2.45, 2.75) is 11.9 Å². The second-order valence-electron chi connectivity index (χ2n) is 6.06. The van der Waals surface area contributed by atoms with Gasteiger partial charge in [0.1, 0.15) is 6.10 Å². The topological polar surface area (TPSA) is 130 Å². The Hall–Kier alpha value is -3.08. The number of benzene rings is 1. The maximum atomic E-state index is 12.1. The van der Waals surface area contributed by atoms with Gasteiger partial charge in [-0.2, -0.15) is 0 Å². The van der Waals surface area contributed by atoms with E-state index in [2.05, 4.69) is 0 Å². The number of fused-ring (bicyclic) bond motifs is 1. The summed E-state index contributed by atoms with van der Waals surface area (Å²) in [5.74, 6) is -3.86. The summed E-state index contributed by atoms with van der Waals surface area (Å²) in [7, 11) is 5.37. The molecular formula is C19H20O10. The summed E-state index contributed by atoms with van der Waals surface area (Å²) in [6, 6.07) is 2.71. The van der Waals surface area contributed by atoms with Gasteiger partial charge in [-0.3, -0.25) is 0 Å². The average molecular weight is 408 g/mol. The highest BCUT2D eigenvalue weighted by Crippen LogP contribution is 2.50. The molecule has 1 aliphatic carbocycles. The highest BCUT2D eigenvalue weighted by molar-refractivity contribution is 6.06. The van der Waals surface area contributed by atoms with Crippen LogP contribution in [0.15, 0.2) is 29.5 Å². The van der Waals surface area contributed by atoms with Crippen molar-refractivity contribution in [3.8, 4) is 11.5 Å². The van der Waals surface area contributed by atoms with Crippen molar-refractivity contribution < 1.29 is 48.2 Å². The van der Waals surface area contributed by atoms with Crippen LogP contribution >= 0.6 is 0 Å². The highest BCUT2D eigenvalue weighted by atomic mass is 16.8. The summed E-state index contributed by atoms with van der Waals surface area (Å²) in [5.41, 5.74) is -0.491. The second-order valence-corrected chi connectivity index (χ2v) is 6.06. The Balaban J connectivity index is 2.45. The summed E-state index contributed by atoms with van der Waals surface area (Å²) in [6.45, 7) is -0.194. The van der Waals surface area contributed by atoms with Crippen LogP contribution in [0.3, 0.4) is 0 Å². The zero-order valence-electron chi connectivity index (χ0n) is 16.2. The number of methoxy groups -OCH3 is 4. The first-order valence-electron chi connectivity index (χ1n) is 8.39. The van der Waals surface area contributed by atoms with Gasteiger partial charge in [-0.1, -0.05) is 0 Å². The molecule has 1 heterocycles. The Morgan fingerprint density at radius 1 is 1.10 bits per heavy atom. The fourth-order valence-electron chi connectivity index (χ4n) is 3.59. The summed E-state index contributed by atoms with van der Waals surface area (Å²) < 4.78 is 32.8. The first-order valence-corrected chi connectivity index (χ1v) is 8.39. The van der Waals surface area contributed by atoms with Crippen molar-refractivity contribution in [2.24, 2.45) is 0 Å². The third-order valence-electron chi connectivity index (χ3n) is 4.82. The summed E-state index contributed by atoms with van der Waals surface area (Å²) in [6.07, 6.45) is 0.0500. The molecule has 0 spiro atoms. The van der Waals surface area contributed by atoms with Crippen LogP contribution in [0.1, 0.15) is 15.9 Å². The molecule has 29 heavy (non-hydrogen) atoms. The van der Waals surface area contributed by atoms with Gasteiger partial charge in [0.15, 0.2) is 24.1 Å². The lowest BCUT2D eigenvalue weighted by Gasteiger charge is -2.38. The van der Waals surface area contributed by atoms with E-state index >= 15 is 0 Å². The Labute approximate surface area is 165 Å². The maximum Gasteiger partial charge on any atom is 0.336 e. The highest BCUT2D eigenvalue weighted by Gasteiger charge is 2.56. The molecule has 1 aromatic rings. The monoisotopic (exact) mass is 408 g/mol. The van der Waals surface area contributed by atoms with E-state index in [0.717, 1.165) is 0 Å². The predicted octanol–water partition coefficient (Wildman–Crippen LogP) is 1.50. The Bertz CT molecular complexity index is 916. The van der Waals surface area contributed by atoms with Crippen LogP contribution in [0.4, 0.5) is 0 Å². The van der Waals surface area contributed by atoms with Gasteiger partial charge >= 0.3 is 11.9 Å². The summed E-state index contributed by atoms with van der Waals surface area (Å²) in [5, 5.41) is 19.6. The van der Waals surface area contributed by atoms with Gasteiger partial charge in [-0.25, -0.2) is 9.59 Å². The van der Waals surface area contributed by atoms with E-state index in [4.69, 9.17) is 28.4 Å². The molecule has 10 nitrogen and oxygen atoms in total. The molecule has 0 radical (unpaired) electrons. The average Bonchev–Trinajstić information content (AvgIpc) is 3.14. The van der Waals surface area contributed by atoms with E-state index in [1.54, 1.807) is 0 Å². The Kier molecular flexibility index (Phi) is 5.51. The molecule has 1 aliphatic heterocycles. The van der Waals surface area contributed by atoms with Crippen LogP contribution in [0.2, 0.25) is 0 Å². The molecular weight excluding hydrogens is 388 g/mol. The number of aliphatic carboxylic acids is 1. The number of carboxylic acids is 2. The number of aromatic carboxylic acids is 1. The molecule has 2 aliphatic rings. The number of carboxylic acid groups (broad SMARTS) is 2. The van der Waals surface area contributed by atoms with Crippen LogP contribution in [-0.4, -0.2) is 69.3 Å². The first kappa shape index (κ1) is 20.6. The van der Waals surface area contributed by atoms with Crippen LogP contribution in [0.25, 0.3) is 5.57 Å². The quantitative estimate of drug-likeness (QED) is 0.684. The van der Waals surface area contributed by atoms with E-state index in [1.165, 1.54) is 46.6 Å². The second kappa shape index (κ2) is 7.74. The Morgan fingerprint density at radius 3 is 2.34 bits per heavy atom. The van der Waals surface area contributed by atoms with Gasteiger partial charge in [0.25, 0.3) is 5.79 Å². The van der Waals surface area contributed by atoms with E-state index in [-0.39, 0.29) is 46.3 Å². The fourth-order valence-corrected chi connectivity index (χ4v) is 3.59. The third-order valence-corrected chi connectivity index (χ3v) is 4.82. The number of rotatable bonds is 7. The van der Waals surface area contributed by atoms with Gasteiger partial charge in [-0.05, 0) is 18.2 Å². The zero-order chi connectivity index (χ0) is 21.3. The van der Waals surface area contributed by atoms with Crippen molar-refractivity contribution in [1.29, 1.82) is 0 Å². The number of hydrogen-bond donors (Lipinski definition) is 2. The van der Waals surface area contributed by atoms with E-state index in [1.807, 2.05) is 0 Å². The van der Waals surface area contributed by atoms with Crippen molar-refractivity contribution in [3.63, 3.8) is 0 Å². The number of ether oxygens (including phenoxy) is 6. The van der Waals surface area contributed by atoms with Gasteiger partial charge in [-0.15, -0.1) is 0 Å². The van der Waals surface area contributed by atoms with Crippen LogP contribution < -0.4 is 9.47 Å². The SMILES string of the molecule is COc1ccc(C(=O)O)c(C2=C(C(=O)O)C=C3OCOC3(OC)C2OC)c1OC.